The first-order chi connectivity index (χ1) is 5.36. The molecule has 0 saturated carbocycles. The molecule has 0 aliphatic heterocycles. The molecule has 0 N–H and O–H groups in total. The first-order valence-electron chi connectivity index (χ1n) is 3.73. The van der Waals surface area contributed by atoms with E-state index in [1.165, 1.54) is 5.56 Å². The monoisotopic (exact) mass is 166 g/mol. The molecule has 0 radical (unpaired) electrons. The van der Waals surface area contributed by atoms with Crippen LogP contribution in [0.15, 0.2) is 24.3 Å². The number of rotatable bonds is 3. The van der Waals surface area contributed by atoms with Gasteiger partial charge in [0.05, 0.1) is 6.16 Å². The Hall–Kier alpha value is -0.680. The van der Waals surface area contributed by atoms with Gasteiger partial charge >= 0.3 is 0 Å². The normalized spacial score (nSPS) is 10.3. The summed E-state index contributed by atoms with van der Waals surface area (Å²) >= 11 is 0. The van der Waals surface area contributed by atoms with Gasteiger partial charge in [0.2, 0.25) is 0 Å². The van der Waals surface area contributed by atoms with Gasteiger partial charge in [0, 0.05) is 0 Å². The summed E-state index contributed by atoms with van der Waals surface area (Å²) in [7, 11) is 0.203. The SMILES string of the molecule is CCc1cccc(CP=O)c1. The van der Waals surface area contributed by atoms with E-state index in [9.17, 15) is 4.57 Å². The fourth-order valence-electron chi connectivity index (χ4n) is 1.02. The largest absolute Gasteiger partial charge is 0.275 e. The average molecular weight is 166 g/mol. The van der Waals surface area contributed by atoms with Crippen LogP contribution in [0.4, 0.5) is 0 Å². The van der Waals surface area contributed by atoms with E-state index in [-0.39, 0.29) is 8.46 Å². The summed E-state index contributed by atoms with van der Waals surface area (Å²) in [5, 5.41) is 0. The molecule has 0 aromatic heterocycles. The third-order valence-electron chi connectivity index (χ3n) is 1.65. The second-order valence-electron chi connectivity index (χ2n) is 2.46. The Morgan fingerprint density at radius 1 is 1.36 bits per heavy atom. The third kappa shape index (κ3) is 2.44. The van der Waals surface area contributed by atoms with Crippen LogP contribution in [0, 0.1) is 0 Å². The highest BCUT2D eigenvalue weighted by molar-refractivity contribution is 7.22. The third-order valence-corrected chi connectivity index (χ3v) is 2.14. The topological polar surface area (TPSA) is 17.1 Å². The van der Waals surface area contributed by atoms with E-state index in [0.29, 0.717) is 6.16 Å². The summed E-state index contributed by atoms with van der Waals surface area (Å²) in [4.78, 5) is 0. The standard InChI is InChI=1S/C9H11OP/c1-2-8-4-3-5-9(6-8)7-11-10/h3-6H,2,7H2,1H3. The molecule has 1 rings (SSSR count). The quantitative estimate of drug-likeness (QED) is 0.630. The van der Waals surface area contributed by atoms with Crippen molar-refractivity contribution in [1.82, 2.24) is 0 Å². The Morgan fingerprint density at radius 3 is 2.73 bits per heavy atom. The van der Waals surface area contributed by atoms with Crippen LogP contribution in [0.1, 0.15) is 18.1 Å². The lowest BCUT2D eigenvalue weighted by Gasteiger charge is -1.97. The summed E-state index contributed by atoms with van der Waals surface area (Å²) in [6, 6.07) is 8.21. The highest BCUT2D eigenvalue weighted by Crippen LogP contribution is 2.11. The van der Waals surface area contributed by atoms with Crippen molar-refractivity contribution in [3.63, 3.8) is 0 Å². The highest BCUT2D eigenvalue weighted by atomic mass is 31.1. The minimum atomic E-state index is 0.203. The van der Waals surface area contributed by atoms with E-state index >= 15 is 0 Å². The maximum atomic E-state index is 10.3. The summed E-state index contributed by atoms with van der Waals surface area (Å²) in [5.74, 6) is 0. The molecule has 1 aromatic carbocycles. The Bertz CT molecular complexity index is 245. The lowest BCUT2D eigenvalue weighted by atomic mass is 10.1. The van der Waals surface area contributed by atoms with Gasteiger partial charge < -0.3 is 0 Å². The molecule has 2 heteroatoms. The van der Waals surface area contributed by atoms with Crippen molar-refractivity contribution in [1.29, 1.82) is 0 Å². The zero-order valence-corrected chi connectivity index (χ0v) is 7.47. The molecule has 0 amide bonds. The molecule has 11 heavy (non-hydrogen) atoms. The highest BCUT2D eigenvalue weighted by Gasteiger charge is 1.92. The molecular weight excluding hydrogens is 155 g/mol. The second kappa shape index (κ2) is 4.25. The van der Waals surface area contributed by atoms with Crippen LogP contribution in [0.3, 0.4) is 0 Å². The van der Waals surface area contributed by atoms with E-state index in [4.69, 9.17) is 0 Å². The Balaban J connectivity index is 2.82. The van der Waals surface area contributed by atoms with Gasteiger partial charge in [-0.1, -0.05) is 31.2 Å². The molecule has 58 valence electrons. The Labute approximate surface area is 68.6 Å². The molecule has 0 atom stereocenters. The average Bonchev–Trinajstić information content (AvgIpc) is 2.06. The predicted molar refractivity (Wildman–Crippen MR) is 47.1 cm³/mol. The van der Waals surface area contributed by atoms with Crippen molar-refractivity contribution in [2.24, 2.45) is 0 Å². The van der Waals surface area contributed by atoms with Crippen LogP contribution >= 0.6 is 8.46 Å². The van der Waals surface area contributed by atoms with E-state index in [1.807, 2.05) is 12.1 Å². The molecule has 0 saturated heterocycles. The van der Waals surface area contributed by atoms with Crippen molar-refractivity contribution in [2.75, 3.05) is 0 Å². The van der Waals surface area contributed by atoms with Crippen molar-refractivity contribution >= 4 is 8.46 Å². The van der Waals surface area contributed by atoms with E-state index in [0.717, 1.165) is 12.0 Å². The van der Waals surface area contributed by atoms with Crippen LogP contribution in [0.5, 0.6) is 0 Å². The lowest BCUT2D eigenvalue weighted by molar-refractivity contribution is 0.598. The van der Waals surface area contributed by atoms with E-state index in [2.05, 4.69) is 19.1 Å². The van der Waals surface area contributed by atoms with Crippen molar-refractivity contribution in [2.45, 2.75) is 19.5 Å². The fourth-order valence-corrected chi connectivity index (χ4v) is 1.37. The van der Waals surface area contributed by atoms with Gasteiger partial charge in [0.1, 0.15) is 0 Å². The molecule has 0 unspecified atom stereocenters. The molecule has 1 nitrogen and oxygen atoms in total. The van der Waals surface area contributed by atoms with Crippen LogP contribution in [-0.2, 0) is 17.1 Å². The first kappa shape index (κ1) is 8.42. The molecule has 0 aliphatic carbocycles. The van der Waals surface area contributed by atoms with Gasteiger partial charge in [-0.3, -0.25) is 4.57 Å². The molecule has 0 aliphatic rings. The second-order valence-corrected chi connectivity index (χ2v) is 3.04. The minimum Gasteiger partial charge on any atom is -0.275 e. The number of hydrogen-bond donors (Lipinski definition) is 0. The van der Waals surface area contributed by atoms with Crippen molar-refractivity contribution in [3.05, 3.63) is 35.4 Å². The summed E-state index contributed by atoms with van der Waals surface area (Å²) in [6.07, 6.45) is 1.68. The number of aryl methyl sites for hydroxylation is 1. The van der Waals surface area contributed by atoms with Gasteiger partial charge in [0.25, 0.3) is 0 Å². The maximum Gasteiger partial charge on any atom is 0.160 e. The van der Waals surface area contributed by atoms with Gasteiger partial charge in [-0.05, 0) is 17.5 Å². The molecule has 0 fully saturated rings. The zero-order chi connectivity index (χ0) is 8.10. The smallest absolute Gasteiger partial charge is 0.160 e. The Kier molecular flexibility index (Phi) is 3.25. The van der Waals surface area contributed by atoms with Crippen LogP contribution < -0.4 is 0 Å². The van der Waals surface area contributed by atoms with Gasteiger partial charge in [-0.25, -0.2) is 0 Å². The van der Waals surface area contributed by atoms with Crippen molar-refractivity contribution < 1.29 is 4.57 Å². The fraction of sp³-hybridized carbons (Fsp3) is 0.333. The summed E-state index contributed by atoms with van der Waals surface area (Å²) in [5.41, 5.74) is 2.46. The van der Waals surface area contributed by atoms with Crippen LogP contribution in [0.2, 0.25) is 0 Å². The first-order valence-corrected chi connectivity index (χ1v) is 4.73. The Morgan fingerprint density at radius 2 is 2.09 bits per heavy atom. The van der Waals surface area contributed by atoms with E-state index in [1.54, 1.807) is 0 Å². The zero-order valence-electron chi connectivity index (χ0n) is 6.58. The van der Waals surface area contributed by atoms with Gasteiger partial charge in [0.15, 0.2) is 8.46 Å². The molecule has 1 aromatic rings. The summed E-state index contributed by atoms with van der Waals surface area (Å²) in [6.45, 7) is 2.12. The van der Waals surface area contributed by atoms with Crippen molar-refractivity contribution in [3.8, 4) is 0 Å². The van der Waals surface area contributed by atoms with Gasteiger partial charge in [-0.2, -0.15) is 0 Å². The number of hydrogen-bond acceptors (Lipinski definition) is 1. The molecule has 0 spiro atoms. The minimum absolute atomic E-state index is 0.203. The lowest BCUT2D eigenvalue weighted by Crippen LogP contribution is -1.82. The molecule has 0 bridgehead atoms. The maximum absolute atomic E-state index is 10.3. The van der Waals surface area contributed by atoms with Crippen LogP contribution in [0.25, 0.3) is 0 Å². The summed E-state index contributed by atoms with van der Waals surface area (Å²) < 4.78 is 10.3. The predicted octanol–water partition coefficient (Wildman–Crippen LogP) is 3.04. The molecule has 0 heterocycles. The van der Waals surface area contributed by atoms with Crippen LogP contribution in [-0.4, -0.2) is 0 Å². The molecular formula is C9H11OP. The number of benzene rings is 1. The van der Waals surface area contributed by atoms with Gasteiger partial charge in [-0.15, -0.1) is 0 Å². The van der Waals surface area contributed by atoms with E-state index < -0.39 is 0 Å².